The number of halogens is 3. The van der Waals surface area contributed by atoms with Crippen LogP contribution in [0.2, 0.25) is 0 Å². The maximum Gasteiger partial charge on any atom is 0.259 e. The summed E-state index contributed by atoms with van der Waals surface area (Å²) in [7, 11) is 0. The Morgan fingerprint density at radius 3 is 2.64 bits per heavy atom. The molecule has 4 rings (SSSR count). The first-order valence-corrected chi connectivity index (χ1v) is 9.50. The molecule has 2 aromatic carbocycles. The van der Waals surface area contributed by atoms with Crippen LogP contribution in [-0.4, -0.2) is 17.4 Å². The van der Waals surface area contributed by atoms with Gasteiger partial charge in [0, 0.05) is 24.9 Å². The van der Waals surface area contributed by atoms with Gasteiger partial charge in [-0.05, 0) is 58.6 Å². The zero-order valence-electron chi connectivity index (χ0n) is 14.7. The molecule has 0 N–H and O–H groups in total. The van der Waals surface area contributed by atoms with Gasteiger partial charge < -0.3 is 9.64 Å². The summed E-state index contributed by atoms with van der Waals surface area (Å²) in [6, 6.07) is 12.8. The van der Waals surface area contributed by atoms with Crippen LogP contribution in [0, 0.1) is 11.6 Å². The van der Waals surface area contributed by atoms with Crippen molar-refractivity contribution in [2.24, 2.45) is 0 Å². The van der Waals surface area contributed by atoms with Crippen molar-refractivity contribution in [3.63, 3.8) is 0 Å². The Bertz CT molecular complexity index is 1040. The second-order valence-corrected chi connectivity index (χ2v) is 7.23. The van der Waals surface area contributed by atoms with Crippen LogP contribution in [0.1, 0.15) is 22.3 Å². The predicted octanol–water partition coefficient (Wildman–Crippen LogP) is 5.51. The fraction of sp³-hybridized carbons (Fsp3) is 0.143. The van der Waals surface area contributed by atoms with Crippen molar-refractivity contribution in [1.82, 2.24) is 4.98 Å². The van der Waals surface area contributed by atoms with Crippen LogP contribution in [-0.2, 0) is 6.42 Å². The van der Waals surface area contributed by atoms with Gasteiger partial charge in [-0.1, -0.05) is 12.1 Å². The molecule has 7 heteroatoms. The van der Waals surface area contributed by atoms with Crippen molar-refractivity contribution < 1.29 is 18.3 Å². The number of amides is 1. The van der Waals surface area contributed by atoms with E-state index >= 15 is 0 Å². The largest absolute Gasteiger partial charge is 0.438 e. The highest BCUT2D eigenvalue weighted by Crippen LogP contribution is 2.31. The Morgan fingerprint density at radius 2 is 1.89 bits per heavy atom. The number of aromatic nitrogens is 1. The number of anilines is 1. The molecule has 1 aromatic heterocycles. The smallest absolute Gasteiger partial charge is 0.259 e. The Kier molecular flexibility index (Phi) is 5.09. The van der Waals surface area contributed by atoms with Crippen LogP contribution in [0.25, 0.3) is 0 Å². The maximum atomic E-state index is 13.7. The number of para-hydroxylation sites is 1. The van der Waals surface area contributed by atoms with Gasteiger partial charge in [0.25, 0.3) is 5.91 Å². The zero-order chi connectivity index (χ0) is 19.7. The molecule has 0 radical (unpaired) electrons. The zero-order valence-corrected chi connectivity index (χ0v) is 16.2. The molecule has 0 atom stereocenters. The summed E-state index contributed by atoms with van der Waals surface area (Å²) in [5.74, 6) is -1.23. The molecule has 0 fully saturated rings. The highest BCUT2D eigenvalue weighted by atomic mass is 79.9. The average Bonchev–Trinajstić information content (AvgIpc) is 2.70. The number of fused-ring (bicyclic) bond motifs is 1. The third-order valence-corrected chi connectivity index (χ3v) is 5.17. The molecule has 4 nitrogen and oxygen atoms in total. The van der Waals surface area contributed by atoms with Gasteiger partial charge in [0.05, 0.1) is 15.7 Å². The maximum absolute atomic E-state index is 13.7. The third-order valence-electron chi connectivity index (χ3n) is 4.52. The Morgan fingerprint density at radius 1 is 1.11 bits per heavy atom. The number of ether oxygens (including phenoxy) is 1. The normalized spacial score (nSPS) is 13.2. The predicted molar refractivity (Wildman–Crippen MR) is 105 cm³/mol. The molecule has 0 saturated carbocycles. The lowest BCUT2D eigenvalue weighted by Gasteiger charge is -2.29. The topological polar surface area (TPSA) is 42.4 Å². The number of carbonyl (C=O) groups is 1. The van der Waals surface area contributed by atoms with E-state index in [1.54, 1.807) is 18.2 Å². The number of carbonyl (C=O) groups excluding carboxylic acids is 1. The monoisotopic (exact) mass is 444 g/mol. The molecular formula is C21H15BrF2N2O2. The first-order chi connectivity index (χ1) is 13.5. The second kappa shape index (κ2) is 7.67. The Hall–Kier alpha value is -2.80. The third kappa shape index (κ3) is 3.62. The Labute approximate surface area is 168 Å². The quantitative estimate of drug-likeness (QED) is 0.534. The lowest BCUT2D eigenvalue weighted by atomic mass is 10.0. The molecule has 1 aliphatic heterocycles. The van der Waals surface area contributed by atoms with E-state index in [1.807, 2.05) is 18.2 Å². The lowest BCUT2D eigenvalue weighted by molar-refractivity contribution is 0.0984. The highest BCUT2D eigenvalue weighted by Gasteiger charge is 2.25. The van der Waals surface area contributed by atoms with Crippen LogP contribution in [0.15, 0.2) is 59.2 Å². The summed E-state index contributed by atoms with van der Waals surface area (Å²) >= 11 is 3.40. The summed E-state index contributed by atoms with van der Waals surface area (Å²) < 4.78 is 33.7. The summed E-state index contributed by atoms with van der Waals surface area (Å²) in [6.07, 6.45) is 2.70. The minimum absolute atomic E-state index is 0.313. The van der Waals surface area contributed by atoms with Crippen LogP contribution in [0.3, 0.4) is 0 Å². The van der Waals surface area contributed by atoms with Crippen molar-refractivity contribution in [3.05, 3.63) is 82.0 Å². The minimum atomic E-state index is -0.964. The molecule has 0 unspecified atom stereocenters. The molecular weight excluding hydrogens is 430 g/mol. The van der Waals surface area contributed by atoms with E-state index in [0.717, 1.165) is 16.6 Å². The van der Waals surface area contributed by atoms with E-state index in [9.17, 15) is 13.6 Å². The van der Waals surface area contributed by atoms with E-state index in [-0.39, 0.29) is 5.91 Å². The first kappa shape index (κ1) is 18.6. The molecule has 0 aliphatic carbocycles. The number of nitrogens with zero attached hydrogens (tertiary/aromatic N) is 2. The standard InChI is InChI=1S/C21H15BrF2N2O2/c22-15-5-1-2-6-19(15)28-20-8-7-14(12-25-20)21(27)26-9-3-4-13-10-16(23)17(24)11-18(13)26/h1-2,5-8,10-12H,3-4,9H2. The molecule has 0 bridgehead atoms. The van der Waals surface area contributed by atoms with Gasteiger partial charge in [-0.2, -0.15) is 0 Å². The molecule has 0 spiro atoms. The van der Waals surface area contributed by atoms with Gasteiger partial charge in [0.15, 0.2) is 11.6 Å². The highest BCUT2D eigenvalue weighted by molar-refractivity contribution is 9.10. The second-order valence-electron chi connectivity index (χ2n) is 6.37. The molecule has 1 amide bonds. The summed E-state index contributed by atoms with van der Waals surface area (Å²) in [4.78, 5) is 18.6. The van der Waals surface area contributed by atoms with Gasteiger partial charge in [0.2, 0.25) is 5.88 Å². The average molecular weight is 445 g/mol. The van der Waals surface area contributed by atoms with E-state index in [0.29, 0.717) is 47.8 Å². The number of aryl methyl sites for hydroxylation is 1. The molecule has 142 valence electrons. The van der Waals surface area contributed by atoms with Crippen molar-refractivity contribution >= 4 is 27.5 Å². The van der Waals surface area contributed by atoms with E-state index < -0.39 is 11.6 Å². The summed E-state index contributed by atoms with van der Waals surface area (Å²) in [5, 5.41) is 0. The fourth-order valence-corrected chi connectivity index (χ4v) is 3.52. The molecule has 0 saturated heterocycles. The molecule has 1 aliphatic rings. The number of pyridine rings is 1. The molecule has 28 heavy (non-hydrogen) atoms. The van der Waals surface area contributed by atoms with Gasteiger partial charge in [-0.15, -0.1) is 0 Å². The summed E-state index contributed by atoms with van der Waals surface area (Å²) in [6.45, 7) is 0.437. The minimum Gasteiger partial charge on any atom is -0.438 e. The van der Waals surface area contributed by atoms with Crippen molar-refractivity contribution in [1.29, 1.82) is 0 Å². The lowest BCUT2D eigenvalue weighted by Crippen LogP contribution is -2.35. The van der Waals surface area contributed by atoms with Crippen LogP contribution in [0.5, 0.6) is 11.6 Å². The van der Waals surface area contributed by atoms with Crippen molar-refractivity contribution in [2.45, 2.75) is 12.8 Å². The van der Waals surface area contributed by atoms with Crippen molar-refractivity contribution in [3.8, 4) is 11.6 Å². The SMILES string of the molecule is O=C(c1ccc(Oc2ccccc2Br)nc1)N1CCCc2cc(F)c(F)cc21. The van der Waals surface area contributed by atoms with Crippen LogP contribution < -0.4 is 9.64 Å². The molecule has 2 heterocycles. The van der Waals surface area contributed by atoms with Crippen LogP contribution in [0.4, 0.5) is 14.5 Å². The summed E-state index contributed by atoms with van der Waals surface area (Å²) in [5.41, 5.74) is 1.38. The van der Waals surface area contributed by atoms with E-state index in [4.69, 9.17) is 4.74 Å². The van der Waals surface area contributed by atoms with Crippen LogP contribution >= 0.6 is 15.9 Å². The van der Waals surface area contributed by atoms with Gasteiger partial charge in [0.1, 0.15) is 5.75 Å². The van der Waals surface area contributed by atoms with Crippen molar-refractivity contribution in [2.75, 3.05) is 11.4 Å². The Balaban J connectivity index is 1.57. The van der Waals surface area contributed by atoms with E-state index in [1.165, 1.54) is 11.1 Å². The number of rotatable bonds is 3. The van der Waals surface area contributed by atoms with E-state index in [2.05, 4.69) is 20.9 Å². The number of hydrogen-bond acceptors (Lipinski definition) is 3. The van der Waals surface area contributed by atoms with Gasteiger partial charge in [-0.25, -0.2) is 13.8 Å². The first-order valence-electron chi connectivity index (χ1n) is 8.71. The molecule has 3 aromatic rings. The number of hydrogen-bond donors (Lipinski definition) is 0. The fourth-order valence-electron chi connectivity index (χ4n) is 3.15. The van der Waals surface area contributed by atoms with Gasteiger partial charge >= 0.3 is 0 Å². The van der Waals surface area contributed by atoms with Gasteiger partial charge in [-0.3, -0.25) is 4.79 Å². The number of benzene rings is 2.